The summed E-state index contributed by atoms with van der Waals surface area (Å²) in [6, 6.07) is 5.03. The molecule has 2 aliphatic heterocycles. The van der Waals surface area contributed by atoms with E-state index in [1.54, 1.807) is 12.1 Å². The van der Waals surface area contributed by atoms with Crippen molar-refractivity contribution in [3.8, 4) is 5.75 Å². The molecule has 7 nitrogen and oxygen atoms in total. The first-order chi connectivity index (χ1) is 19.2. The molecule has 1 aromatic rings. The zero-order valence-corrected chi connectivity index (χ0v) is 24.4. The Labute approximate surface area is 242 Å². The first-order valence-corrected chi connectivity index (χ1v) is 15.2. The number of unbranched alkanes of at least 4 members (excludes halogenated alkanes) is 2. The number of nitrogens with zero attached hydrogens (tertiary/aromatic N) is 1. The summed E-state index contributed by atoms with van der Waals surface area (Å²) in [5.41, 5.74) is 4.71. The number of carboxylic acid groups (broad SMARTS) is 1. The molecule has 0 unspecified atom stereocenters. The van der Waals surface area contributed by atoms with Crippen LogP contribution in [-0.4, -0.2) is 52.2 Å². The van der Waals surface area contributed by atoms with Gasteiger partial charge in [0.2, 0.25) is 11.8 Å². The summed E-state index contributed by atoms with van der Waals surface area (Å²) in [7, 11) is 0. The van der Waals surface area contributed by atoms with E-state index in [0.717, 1.165) is 44.1 Å². The van der Waals surface area contributed by atoms with Crippen molar-refractivity contribution < 1.29 is 29.3 Å². The van der Waals surface area contributed by atoms with Crippen molar-refractivity contribution in [2.24, 2.45) is 17.8 Å². The van der Waals surface area contributed by atoms with Crippen LogP contribution in [0.15, 0.2) is 34.9 Å². The lowest BCUT2D eigenvalue weighted by molar-refractivity contribution is -0.141. The summed E-state index contributed by atoms with van der Waals surface area (Å²) in [5, 5.41) is 19.1. The van der Waals surface area contributed by atoms with Crippen LogP contribution in [0, 0.1) is 17.8 Å². The highest BCUT2D eigenvalue weighted by Crippen LogP contribution is 2.50. The standard InChI is InChI=1S/C32H42ClNO6/c1-3-8-20(16-21-12-13-23(35)18-26(21)33)11-14-27-29-22(9-4-2)17-24-30(25(29)19-40-27)32(39)34(31(24)38)15-7-5-6-10-28(36)37/h12-13,16,18,24-25,27,30,35H,3-11,14-15,17,19H2,1-2H3,(H,36,37)/b20-16+/t24-,25+,27-,30-/m1/s1. The summed E-state index contributed by atoms with van der Waals surface area (Å²) < 4.78 is 6.38. The molecular weight excluding hydrogens is 530 g/mol. The number of phenols is 1. The Morgan fingerprint density at radius 1 is 1.07 bits per heavy atom. The molecule has 0 bridgehead atoms. The molecule has 0 aromatic heterocycles. The maximum atomic E-state index is 13.5. The molecule has 1 aromatic carbocycles. The number of carbonyl (C=O) groups excluding carboxylic acids is 2. The van der Waals surface area contributed by atoms with E-state index in [2.05, 4.69) is 19.9 Å². The summed E-state index contributed by atoms with van der Waals surface area (Å²) in [5.74, 6) is -1.54. The van der Waals surface area contributed by atoms with E-state index in [1.165, 1.54) is 21.6 Å². The van der Waals surface area contributed by atoms with E-state index in [0.29, 0.717) is 43.9 Å². The van der Waals surface area contributed by atoms with Gasteiger partial charge in [-0.3, -0.25) is 19.3 Å². The minimum Gasteiger partial charge on any atom is -0.508 e. The molecule has 8 heteroatoms. The molecule has 2 saturated heterocycles. The first kappa shape index (κ1) is 30.3. The molecule has 2 N–H and O–H groups in total. The van der Waals surface area contributed by atoms with Crippen LogP contribution in [0.1, 0.15) is 90.0 Å². The maximum absolute atomic E-state index is 13.5. The number of likely N-dealkylation sites (tertiary alicyclic amines) is 1. The van der Waals surface area contributed by atoms with E-state index in [9.17, 15) is 19.5 Å². The van der Waals surface area contributed by atoms with Crippen LogP contribution in [0.2, 0.25) is 5.02 Å². The zero-order valence-electron chi connectivity index (χ0n) is 23.7. The van der Waals surface area contributed by atoms with Crippen LogP contribution in [0.4, 0.5) is 0 Å². The molecule has 2 fully saturated rings. The van der Waals surface area contributed by atoms with Crippen LogP contribution < -0.4 is 0 Å². The number of phenolic OH excluding ortho intramolecular Hbond substituents is 1. The number of aromatic hydroxyl groups is 1. The van der Waals surface area contributed by atoms with Gasteiger partial charge in [0.1, 0.15) is 5.75 Å². The molecule has 4 rings (SSSR count). The fourth-order valence-electron chi connectivity index (χ4n) is 6.78. The minimum atomic E-state index is -0.821. The number of carbonyl (C=O) groups is 3. The number of aliphatic carboxylic acids is 1. The zero-order chi connectivity index (χ0) is 28.8. The van der Waals surface area contributed by atoms with Crippen molar-refractivity contribution in [2.75, 3.05) is 13.2 Å². The number of carboxylic acids is 1. The molecule has 4 atom stereocenters. The quantitative estimate of drug-likeness (QED) is 0.145. The van der Waals surface area contributed by atoms with Crippen LogP contribution in [0.25, 0.3) is 6.08 Å². The third-order valence-electron chi connectivity index (χ3n) is 8.57. The Balaban J connectivity index is 1.47. The van der Waals surface area contributed by atoms with Crippen molar-refractivity contribution in [1.82, 2.24) is 4.90 Å². The van der Waals surface area contributed by atoms with Gasteiger partial charge in [-0.15, -0.1) is 0 Å². The number of ether oxygens (including phenoxy) is 1. The molecule has 0 saturated carbocycles. The molecule has 3 aliphatic rings. The Morgan fingerprint density at radius 2 is 1.88 bits per heavy atom. The van der Waals surface area contributed by atoms with Gasteiger partial charge in [0, 0.05) is 18.9 Å². The van der Waals surface area contributed by atoms with Gasteiger partial charge in [0.15, 0.2) is 0 Å². The Hall–Kier alpha value is -2.64. The number of halogens is 1. The number of amides is 2. The lowest BCUT2D eigenvalue weighted by Gasteiger charge is -2.32. The lowest BCUT2D eigenvalue weighted by Crippen LogP contribution is -2.34. The van der Waals surface area contributed by atoms with E-state index < -0.39 is 5.97 Å². The molecule has 40 heavy (non-hydrogen) atoms. The maximum Gasteiger partial charge on any atom is 0.303 e. The van der Waals surface area contributed by atoms with Gasteiger partial charge in [-0.2, -0.15) is 0 Å². The van der Waals surface area contributed by atoms with Gasteiger partial charge >= 0.3 is 5.97 Å². The van der Waals surface area contributed by atoms with E-state index in [-0.39, 0.29) is 47.8 Å². The second-order valence-electron chi connectivity index (χ2n) is 11.4. The molecule has 0 spiro atoms. The number of fused-ring (bicyclic) bond motifs is 3. The average molecular weight is 572 g/mol. The number of allylic oxidation sites excluding steroid dienone is 2. The van der Waals surface area contributed by atoms with Gasteiger partial charge in [0.25, 0.3) is 0 Å². The Kier molecular flexibility index (Phi) is 10.5. The van der Waals surface area contributed by atoms with E-state index in [4.69, 9.17) is 21.4 Å². The van der Waals surface area contributed by atoms with Crippen LogP contribution >= 0.6 is 11.6 Å². The van der Waals surface area contributed by atoms with Gasteiger partial charge in [-0.05, 0) is 74.3 Å². The van der Waals surface area contributed by atoms with Crippen molar-refractivity contribution in [3.63, 3.8) is 0 Å². The molecule has 218 valence electrons. The van der Waals surface area contributed by atoms with Crippen LogP contribution in [-0.2, 0) is 19.1 Å². The predicted octanol–water partition coefficient (Wildman–Crippen LogP) is 6.77. The summed E-state index contributed by atoms with van der Waals surface area (Å²) in [6.45, 7) is 5.13. The largest absolute Gasteiger partial charge is 0.508 e. The Morgan fingerprint density at radius 3 is 2.58 bits per heavy atom. The fourth-order valence-corrected chi connectivity index (χ4v) is 7.01. The molecule has 2 amide bonds. The summed E-state index contributed by atoms with van der Waals surface area (Å²) in [4.78, 5) is 39.1. The molecular formula is C32H42ClNO6. The highest BCUT2D eigenvalue weighted by atomic mass is 35.5. The van der Waals surface area contributed by atoms with E-state index >= 15 is 0 Å². The Bertz CT molecular complexity index is 1170. The number of hydrogen-bond donors (Lipinski definition) is 2. The highest BCUT2D eigenvalue weighted by Gasteiger charge is 2.56. The fraction of sp³-hybridized carbons (Fsp3) is 0.594. The average Bonchev–Trinajstić information content (AvgIpc) is 3.43. The van der Waals surface area contributed by atoms with Gasteiger partial charge in [-0.25, -0.2) is 0 Å². The summed E-state index contributed by atoms with van der Waals surface area (Å²) >= 11 is 6.37. The van der Waals surface area contributed by atoms with Gasteiger partial charge in [0.05, 0.1) is 29.6 Å². The van der Waals surface area contributed by atoms with Crippen molar-refractivity contribution in [2.45, 2.75) is 90.6 Å². The smallest absolute Gasteiger partial charge is 0.303 e. The third kappa shape index (κ3) is 6.80. The third-order valence-corrected chi connectivity index (χ3v) is 8.89. The predicted molar refractivity (Wildman–Crippen MR) is 155 cm³/mol. The number of benzene rings is 1. The normalized spacial score (nSPS) is 24.6. The van der Waals surface area contributed by atoms with Crippen LogP contribution in [0.5, 0.6) is 5.75 Å². The highest BCUT2D eigenvalue weighted by molar-refractivity contribution is 6.32. The second kappa shape index (κ2) is 13.8. The molecule has 1 aliphatic carbocycles. The molecule has 2 heterocycles. The number of hydrogen-bond acceptors (Lipinski definition) is 5. The monoisotopic (exact) mass is 571 g/mol. The number of rotatable bonds is 14. The van der Waals surface area contributed by atoms with Crippen molar-refractivity contribution >= 4 is 35.5 Å². The lowest BCUT2D eigenvalue weighted by atomic mass is 9.68. The summed E-state index contributed by atoms with van der Waals surface area (Å²) in [6.07, 6.45) is 10.1. The molecule has 0 radical (unpaired) electrons. The minimum absolute atomic E-state index is 0.0519. The second-order valence-corrected chi connectivity index (χ2v) is 11.8. The van der Waals surface area contributed by atoms with Gasteiger partial charge in [-0.1, -0.05) is 61.9 Å². The first-order valence-electron chi connectivity index (χ1n) is 14.8. The topological polar surface area (TPSA) is 104 Å². The SMILES string of the molecule is CCCC1=C2[C@@H](CC/C(=C/c3ccc(O)cc3Cl)CCC)OC[C@@H]2[C@@H]2C(=O)N(CCCCCC(=O)O)C(=O)[C@@H]2C1. The number of imide groups is 1. The van der Waals surface area contributed by atoms with Crippen LogP contribution in [0.3, 0.4) is 0 Å². The van der Waals surface area contributed by atoms with Crippen molar-refractivity contribution in [1.29, 1.82) is 0 Å². The van der Waals surface area contributed by atoms with E-state index in [1.807, 2.05) is 6.07 Å². The van der Waals surface area contributed by atoms with Gasteiger partial charge < -0.3 is 14.9 Å². The van der Waals surface area contributed by atoms with Crippen molar-refractivity contribution in [3.05, 3.63) is 45.5 Å².